The van der Waals surface area contributed by atoms with E-state index in [2.05, 4.69) is 23.2 Å². The molecule has 25 heavy (non-hydrogen) atoms. The number of aromatic nitrogens is 1. The molecule has 0 aliphatic rings. The maximum absolute atomic E-state index is 10.0. The third kappa shape index (κ3) is 7.42. The average molecular weight is 512 g/mol. The van der Waals surface area contributed by atoms with E-state index in [1.54, 1.807) is 0 Å². The maximum atomic E-state index is 10.0. The summed E-state index contributed by atoms with van der Waals surface area (Å²) < 4.78 is 0. The minimum Gasteiger partial charge on any atom is -0.512 e. The smallest absolute Gasteiger partial charge is 0.155 e. The molecule has 0 saturated heterocycles. The van der Waals surface area contributed by atoms with Crippen molar-refractivity contribution in [3.05, 3.63) is 86.0 Å². The van der Waals surface area contributed by atoms with Crippen molar-refractivity contribution in [3.63, 3.8) is 0 Å². The SMILES string of the molecule is CC(=O)/C=C(/C)O.[CH3-].[Ir].[c-]1ccccc1-c1ccc2ccccc2n1. The molecule has 0 saturated carbocycles. The Morgan fingerprint density at radius 3 is 2.28 bits per heavy atom. The van der Waals surface area contributed by atoms with Gasteiger partial charge in [-0.05, 0) is 31.0 Å². The van der Waals surface area contributed by atoms with Gasteiger partial charge in [0.05, 0.1) is 11.3 Å². The number of benzene rings is 2. The van der Waals surface area contributed by atoms with Crippen molar-refractivity contribution >= 4 is 16.7 Å². The van der Waals surface area contributed by atoms with Gasteiger partial charge in [-0.1, -0.05) is 30.3 Å². The van der Waals surface area contributed by atoms with Crippen molar-refractivity contribution in [1.82, 2.24) is 4.98 Å². The number of ketones is 1. The summed E-state index contributed by atoms with van der Waals surface area (Å²) in [5.74, 6) is -0.0625. The van der Waals surface area contributed by atoms with Crippen molar-refractivity contribution in [2.45, 2.75) is 13.8 Å². The quantitative estimate of drug-likeness (QED) is 0.293. The zero-order valence-electron chi connectivity index (χ0n) is 14.5. The summed E-state index contributed by atoms with van der Waals surface area (Å²) >= 11 is 0. The van der Waals surface area contributed by atoms with Gasteiger partial charge in [-0.2, -0.15) is 0 Å². The van der Waals surface area contributed by atoms with Gasteiger partial charge in [-0.3, -0.25) is 9.78 Å². The van der Waals surface area contributed by atoms with E-state index in [1.165, 1.54) is 25.3 Å². The molecule has 0 aliphatic heterocycles. The van der Waals surface area contributed by atoms with E-state index in [-0.39, 0.29) is 39.1 Å². The number of hydrogen-bond acceptors (Lipinski definition) is 3. The number of nitrogens with zero attached hydrogens (tertiary/aromatic N) is 1. The number of fused-ring (bicyclic) bond motifs is 1. The first-order chi connectivity index (χ1) is 11.1. The van der Waals surface area contributed by atoms with E-state index in [1.807, 2.05) is 48.5 Å². The normalized spacial score (nSPS) is 9.92. The van der Waals surface area contributed by atoms with Crippen molar-refractivity contribution < 1.29 is 30.0 Å². The van der Waals surface area contributed by atoms with E-state index in [9.17, 15) is 4.79 Å². The Labute approximate surface area is 162 Å². The van der Waals surface area contributed by atoms with Crippen LogP contribution in [0.5, 0.6) is 0 Å². The van der Waals surface area contributed by atoms with Crippen LogP contribution in [-0.2, 0) is 24.9 Å². The molecular formula is C21H21IrNO2-2. The van der Waals surface area contributed by atoms with Gasteiger partial charge in [0.25, 0.3) is 0 Å². The summed E-state index contributed by atoms with van der Waals surface area (Å²) in [5.41, 5.74) is 3.03. The Morgan fingerprint density at radius 1 is 1.04 bits per heavy atom. The number of aliphatic hydroxyl groups excluding tert-OH is 1. The van der Waals surface area contributed by atoms with Crippen LogP contribution in [-0.4, -0.2) is 15.9 Å². The summed E-state index contributed by atoms with van der Waals surface area (Å²) in [5, 5.41) is 9.53. The second kappa shape index (κ2) is 11.3. The fraction of sp³-hybridized carbons (Fsp3) is 0.0952. The molecule has 1 heterocycles. The van der Waals surface area contributed by atoms with Crippen LogP contribution in [0.2, 0.25) is 0 Å². The first kappa shape index (κ1) is 22.7. The molecule has 3 aromatic rings. The number of rotatable bonds is 2. The Hall–Kier alpha value is -2.29. The van der Waals surface area contributed by atoms with Crippen LogP contribution >= 0.6 is 0 Å². The van der Waals surface area contributed by atoms with Gasteiger partial charge in [-0.15, -0.1) is 35.9 Å². The molecule has 0 unspecified atom stereocenters. The van der Waals surface area contributed by atoms with E-state index in [0.29, 0.717) is 0 Å². The first-order valence-corrected chi connectivity index (χ1v) is 7.27. The van der Waals surface area contributed by atoms with Gasteiger partial charge in [0.15, 0.2) is 5.78 Å². The third-order valence-corrected chi connectivity index (χ3v) is 3.00. The van der Waals surface area contributed by atoms with Gasteiger partial charge in [0.1, 0.15) is 0 Å². The van der Waals surface area contributed by atoms with Crippen molar-refractivity contribution in [3.8, 4) is 11.3 Å². The molecule has 0 aliphatic carbocycles. The fourth-order valence-electron chi connectivity index (χ4n) is 2.06. The number of aliphatic hydroxyl groups is 1. The largest absolute Gasteiger partial charge is 0.512 e. The van der Waals surface area contributed by atoms with Crippen LogP contribution in [0.15, 0.2) is 72.5 Å². The molecule has 1 radical (unpaired) electrons. The molecule has 0 atom stereocenters. The predicted octanol–water partition coefficient (Wildman–Crippen LogP) is 5.19. The monoisotopic (exact) mass is 512 g/mol. The molecule has 0 bridgehead atoms. The van der Waals surface area contributed by atoms with E-state index in [4.69, 9.17) is 5.11 Å². The van der Waals surface area contributed by atoms with Gasteiger partial charge < -0.3 is 12.5 Å². The molecule has 0 fully saturated rings. The van der Waals surface area contributed by atoms with Crippen LogP contribution in [0, 0.1) is 13.5 Å². The molecule has 0 spiro atoms. The molecule has 0 amide bonds. The van der Waals surface area contributed by atoms with Crippen LogP contribution in [0.25, 0.3) is 22.2 Å². The molecule has 3 rings (SSSR count). The van der Waals surface area contributed by atoms with Gasteiger partial charge in [0, 0.05) is 26.2 Å². The van der Waals surface area contributed by atoms with Crippen LogP contribution < -0.4 is 0 Å². The Bertz CT molecular complexity index is 825. The number of allylic oxidation sites excluding steroid dienone is 2. The zero-order valence-corrected chi connectivity index (χ0v) is 16.9. The number of para-hydroxylation sites is 1. The third-order valence-electron chi connectivity index (χ3n) is 3.00. The minimum atomic E-state index is -0.125. The van der Waals surface area contributed by atoms with Gasteiger partial charge >= 0.3 is 0 Å². The van der Waals surface area contributed by atoms with Gasteiger partial charge in [0.2, 0.25) is 0 Å². The van der Waals surface area contributed by atoms with Crippen LogP contribution in [0.3, 0.4) is 0 Å². The number of carbonyl (C=O) groups excluding carboxylic acids is 1. The average Bonchev–Trinajstić information content (AvgIpc) is 2.54. The van der Waals surface area contributed by atoms with Crippen LogP contribution in [0.1, 0.15) is 13.8 Å². The molecule has 133 valence electrons. The molecule has 1 N–H and O–H groups in total. The van der Waals surface area contributed by atoms with E-state index in [0.717, 1.165) is 16.8 Å². The molecule has 1 aromatic heterocycles. The topological polar surface area (TPSA) is 50.2 Å². The molecular weight excluding hydrogens is 490 g/mol. The Balaban J connectivity index is 0.000000560. The fourth-order valence-corrected chi connectivity index (χ4v) is 2.06. The second-order valence-corrected chi connectivity index (χ2v) is 5.06. The Morgan fingerprint density at radius 2 is 1.72 bits per heavy atom. The second-order valence-electron chi connectivity index (χ2n) is 5.06. The zero-order chi connectivity index (χ0) is 16.7. The standard InChI is InChI=1S/C15H10N.C5H8O2.CH3.Ir/c1-2-6-12(7-3-1)15-11-10-13-8-4-5-9-14(13)16-15;1-4(6)3-5(2)7;;/h1-6,8-11H;3,6H,1-2H3;1H3;/q-1;;-1;/b;4-3-;;. The van der Waals surface area contributed by atoms with Crippen molar-refractivity contribution in [1.29, 1.82) is 0 Å². The number of hydrogen-bond donors (Lipinski definition) is 1. The molecule has 4 heteroatoms. The first-order valence-electron chi connectivity index (χ1n) is 7.27. The summed E-state index contributed by atoms with van der Waals surface area (Å²) in [6, 6.07) is 23.4. The predicted molar refractivity (Wildman–Crippen MR) is 99.5 cm³/mol. The minimum absolute atomic E-state index is 0. The molecule has 3 nitrogen and oxygen atoms in total. The van der Waals surface area contributed by atoms with Gasteiger partial charge in [-0.25, -0.2) is 0 Å². The summed E-state index contributed by atoms with van der Waals surface area (Å²) in [7, 11) is 0. The molecule has 2 aromatic carbocycles. The van der Waals surface area contributed by atoms with E-state index >= 15 is 0 Å². The number of carbonyl (C=O) groups is 1. The van der Waals surface area contributed by atoms with Crippen molar-refractivity contribution in [2.24, 2.45) is 0 Å². The Kier molecular flexibility index (Phi) is 10.3. The summed E-state index contributed by atoms with van der Waals surface area (Å²) in [6.45, 7) is 2.85. The summed E-state index contributed by atoms with van der Waals surface area (Å²) in [4.78, 5) is 14.6. The van der Waals surface area contributed by atoms with E-state index < -0.39 is 0 Å². The number of pyridine rings is 1. The van der Waals surface area contributed by atoms with Crippen LogP contribution in [0.4, 0.5) is 0 Å². The summed E-state index contributed by atoms with van der Waals surface area (Å²) in [6.07, 6.45) is 1.17. The maximum Gasteiger partial charge on any atom is 0.155 e. The van der Waals surface area contributed by atoms with Crippen molar-refractivity contribution in [2.75, 3.05) is 0 Å².